The van der Waals surface area contributed by atoms with E-state index in [1.165, 1.54) is 29.5 Å². The first-order valence-electron chi connectivity index (χ1n) is 13.0. The van der Waals surface area contributed by atoms with Crippen LogP contribution < -0.4 is 0 Å². The van der Waals surface area contributed by atoms with Crippen LogP contribution in [0.5, 0.6) is 0 Å². The van der Waals surface area contributed by atoms with Gasteiger partial charge in [0, 0.05) is 75.1 Å². The molecule has 1 atom stereocenters. The summed E-state index contributed by atoms with van der Waals surface area (Å²) in [5.74, 6) is 0.824. The smallest absolute Gasteiger partial charge is 0.133 e. The Morgan fingerprint density at radius 1 is 1.11 bits per heavy atom. The average Bonchev–Trinajstić information content (AvgIpc) is 3.60. The molecule has 0 bridgehead atoms. The highest BCUT2D eigenvalue weighted by Crippen LogP contribution is 2.30. The molecule has 3 aromatic heterocycles. The molecule has 36 heavy (non-hydrogen) atoms. The molecule has 1 aromatic carbocycles. The van der Waals surface area contributed by atoms with E-state index in [-0.39, 0.29) is 0 Å². The van der Waals surface area contributed by atoms with Gasteiger partial charge in [-0.1, -0.05) is 18.2 Å². The second-order valence-corrected chi connectivity index (χ2v) is 9.75. The van der Waals surface area contributed by atoms with Gasteiger partial charge in [-0.25, -0.2) is 9.97 Å². The fraction of sp³-hybridized carbons (Fsp3) is 0.379. The highest BCUT2D eigenvalue weighted by Gasteiger charge is 2.23. The maximum atomic E-state index is 5.85. The highest BCUT2D eigenvalue weighted by molar-refractivity contribution is 5.78. The molecule has 1 fully saturated rings. The van der Waals surface area contributed by atoms with E-state index in [4.69, 9.17) is 14.8 Å². The number of benzene rings is 1. The predicted octanol–water partition coefficient (Wildman–Crippen LogP) is 4.55. The number of hydrogen-bond donors (Lipinski definition) is 0. The summed E-state index contributed by atoms with van der Waals surface area (Å²) in [5, 5.41) is 4.78. The van der Waals surface area contributed by atoms with E-state index in [0.717, 1.165) is 67.5 Å². The molecule has 7 nitrogen and oxygen atoms in total. The number of aromatic nitrogens is 5. The van der Waals surface area contributed by atoms with Crippen LogP contribution in [0.15, 0.2) is 61.2 Å². The maximum Gasteiger partial charge on any atom is 0.133 e. The van der Waals surface area contributed by atoms with Gasteiger partial charge in [-0.05, 0) is 61.1 Å². The van der Waals surface area contributed by atoms with Gasteiger partial charge in [-0.2, -0.15) is 5.10 Å². The van der Waals surface area contributed by atoms with Crippen LogP contribution in [0.25, 0.3) is 22.5 Å². The third-order valence-corrected chi connectivity index (χ3v) is 7.21. The van der Waals surface area contributed by atoms with Crippen molar-refractivity contribution in [2.24, 2.45) is 0 Å². The van der Waals surface area contributed by atoms with Crippen LogP contribution in [0.4, 0.5) is 0 Å². The first-order valence-corrected chi connectivity index (χ1v) is 13.0. The molecule has 2 aliphatic heterocycles. The largest absolute Gasteiger partial charge is 0.377 e. The van der Waals surface area contributed by atoms with Crippen molar-refractivity contribution in [1.82, 2.24) is 29.6 Å². The summed E-state index contributed by atoms with van der Waals surface area (Å²) in [6.45, 7) is 6.98. The first kappa shape index (κ1) is 23.0. The molecule has 2 aliphatic rings. The number of hydrogen-bond acceptors (Lipinski definition) is 6. The molecule has 0 radical (unpaired) electrons. The molecule has 184 valence electrons. The van der Waals surface area contributed by atoms with E-state index < -0.39 is 0 Å². The molecule has 1 saturated heterocycles. The van der Waals surface area contributed by atoms with Gasteiger partial charge in [0.1, 0.15) is 11.5 Å². The van der Waals surface area contributed by atoms with Crippen molar-refractivity contribution >= 4 is 0 Å². The summed E-state index contributed by atoms with van der Waals surface area (Å²) in [6, 6.07) is 12.8. The SMILES string of the molecule is CCn1cc(-c2ccnc(Cc3ccc4c(c3)CCN(CC3CCCO3)C4)n2)c(-c2cccnc2)n1. The molecule has 5 heterocycles. The molecule has 0 spiro atoms. The van der Waals surface area contributed by atoms with Crippen molar-refractivity contribution in [2.45, 2.75) is 51.8 Å². The Morgan fingerprint density at radius 2 is 2.08 bits per heavy atom. The van der Waals surface area contributed by atoms with Crippen molar-refractivity contribution in [1.29, 1.82) is 0 Å². The maximum absolute atomic E-state index is 5.85. The van der Waals surface area contributed by atoms with Gasteiger partial charge in [-0.15, -0.1) is 0 Å². The lowest BCUT2D eigenvalue weighted by Crippen LogP contribution is -2.36. The predicted molar refractivity (Wildman–Crippen MR) is 139 cm³/mol. The van der Waals surface area contributed by atoms with Crippen LogP contribution in [0.3, 0.4) is 0 Å². The molecule has 1 unspecified atom stereocenters. The molecule has 0 saturated carbocycles. The zero-order valence-electron chi connectivity index (χ0n) is 20.8. The van der Waals surface area contributed by atoms with Crippen LogP contribution in [0.2, 0.25) is 0 Å². The number of aryl methyl sites for hydroxylation is 1. The molecular formula is C29H32N6O. The molecule has 7 heteroatoms. The Hall–Kier alpha value is -3.42. The molecule has 0 amide bonds. The molecule has 4 aromatic rings. The van der Waals surface area contributed by atoms with Gasteiger partial charge >= 0.3 is 0 Å². The van der Waals surface area contributed by atoms with Gasteiger partial charge in [-0.3, -0.25) is 14.6 Å². The number of nitrogens with zero attached hydrogens (tertiary/aromatic N) is 6. The van der Waals surface area contributed by atoms with Crippen LogP contribution in [0.1, 0.15) is 42.3 Å². The Labute approximate surface area is 212 Å². The van der Waals surface area contributed by atoms with E-state index >= 15 is 0 Å². The van der Waals surface area contributed by atoms with Gasteiger partial charge < -0.3 is 4.74 Å². The zero-order chi connectivity index (χ0) is 24.3. The van der Waals surface area contributed by atoms with Crippen LogP contribution >= 0.6 is 0 Å². The molecule has 0 N–H and O–H groups in total. The van der Waals surface area contributed by atoms with E-state index in [0.29, 0.717) is 12.5 Å². The lowest BCUT2D eigenvalue weighted by molar-refractivity contribution is 0.0688. The van der Waals surface area contributed by atoms with Gasteiger partial charge in [0.15, 0.2) is 0 Å². The van der Waals surface area contributed by atoms with Crippen LogP contribution in [0, 0.1) is 0 Å². The van der Waals surface area contributed by atoms with E-state index in [9.17, 15) is 0 Å². The summed E-state index contributed by atoms with van der Waals surface area (Å²) in [5.41, 5.74) is 7.93. The van der Waals surface area contributed by atoms with Crippen molar-refractivity contribution in [2.75, 3.05) is 19.7 Å². The fourth-order valence-electron chi connectivity index (χ4n) is 5.31. The molecular weight excluding hydrogens is 448 g/mol. The molecule has 6 rings (SSSR count). The van der Waals surface area contributed by atoms with Crippen molar-refractivity contribution in [3.05, 3.63) is 83.7 Å². The fourth-order valence-corrected chi connectivity index (χ4v) is 5.31. The monoisotopic (exact) mass is 480 g/mol. The standard InChI is InChI=1S/C29H32N6O/c1-2-35-20-26(29(33-35)23-5-3-11-30-17-23)27-9-12-31-28(32-27)16-21-7-8-24-18-34(13-10-22(24)15-21)19-25-6-4-14-36-25/h3,5,7-9,11-12,15,17,20,25H,2,4,6,10,13-14,16,18-19H2,1H3. The van der Waals surface area contributed by atoms with Gasteiger partial charge in [0.2, 0.25) is 0 Å². The quantitative estimate of drug-likeness (QED) is 0.387. The number of rotatable bonds is 7. The van der Waals surface area contributed by atoms with Gasteiger partial charge in [0.25, 0.3) is 0 Å². The van der Waals surface area contributed by atoms with Crippen molar-refractivity contribution < 1.29 is 4.74 Å². The summed E-state index contributed by atoms with van der Waals surface area (Å²) in [4.78, 5) is 16.4. The number of fused-ring (bicyclic) bond motifs is 1. The second kappa shape index (κ2) is 10.3. The Morgan fingerprint density at radius 3 is 2.92 bits per heavy atom. The minimum atomic E-state index is 0.415. The second-order valence-electron chi connectivity index (χ2n) is 9.75. The minimum Gasteiger partial charge on any atom is -0.377 e. The lowest BCUT2D eigenvalue weighted by Gasteiger charge is -2.30. The van der Waals surface area contributed by atoms with Crippen LogP contribution in [-0.2, 0) is 30.7 Å². The first-order chi connectivity index (χ1) is 17.7. The molecule has 0 aliphatic carbocycles. The third-order valence-electron chi connectivity index (χ3n) is 7.21. The Balaban J connectivity index is 1.20. The van der Waals surface area contributed by atoms with Crippen molar-refractivity contribution in [3.63, 3.8) is 0 Å². The number of pyridine rings is 1. The zero-order valence-corrected chi connectivity index (χ0v) is 20.8. The summed E-state index contributed by atoms with van der Waals surface area (Å²) in [7, 11) is 0. The topological polar surface area (TPSA) is 69.0 Å². The Bertz CT molecular complexity index is 1330. The van der Waals surface area contributed by atoms with E-state index in [1.807, 2.05) is 35.3 Å². The van der Waals surface area contributed by atoms with E-state index in [2.05, 4.69) is 46.2 Å². The third kappa shape index (κ3) is 4.94. The lowest BCUT2D eigenvalue weighted by atomic mass is 9.96. The van der Waals surface area contributed by atoms with Gasteiger partial charge in [0.05, 0.1) is 11.8 Å². The minimum absolute atomic E-state index is 0.415. The summed E-state index contributed by atoms with van der Waals surface area (Å²) < 4.78 is 7.80. The highest BCUT2D eigenvalue weighted by atomic mass is 16.5. The summed E-state index contributed by atoms with van der Waals surface area (Å²) >= 11 is 0. The van der Waals surface area contributed by atoms with E-state index in [1.54, 1.807) is 6.20 Å². The summed E-state index contributed by atoms with van der Waals surface area (Å²) in [6.07, 6.45) is 12.2. The Kier molecular flexibility index (Phi) is 6.57. The normalized spacial score (nSPS) is 17.9. The number of ether oxygens (including phenoxy) is 1. The van der Waals surface area contributed by atoms with Crippen LogP contribution in [-0.4, -0.2) is 55.4 Å². The average molecular weight is 481 g/mol. The van der Waals surface area contributed by atoms with Crippen molar-refractivity contribution in [3.8, 4) is 22.5 Å².